The first-order chi connectivity index (χ1) is 12.8. The average Bonchev–Trinajstić information content (AvgIpc) is 3.21. The van der Waals surface area contributed by atoms with Crippen LogP contribution < -0.4 is 16.6 Å². The van der Waals surface area contributed by atoms with Crippen LogP contribution in [-0.2, 0) is 25.4 Å². The Morgan fingerprint density at radius 3 is 2.81 bits per heavy atom. The van der Waals surface area contributed by atoms with Gasteiger partial charge in [-0.25, -0.2) is 13.9 Å². The maximum Gasteiger partial charge on any atom is 0.332 e. The number of hydrogen-bond acceptors (Lipinski definition) is 7. The SMILES string of the molecule is Cn1c(=O)c2c(nnn2CC(=O)Nc2nc3ccc(F)cc3o2)n(C)c1=O. The Morgan fingerprint density at radius 1 is 1.26 bits per heavy atom. The number of aryl methyl sites for hydroxylation is 1. The summed E-state index contributed by atoms with van der Waals surface area (Å²) in [5, 5.41) is 9.96. The van der Waals surface area contributed by atoms with Gasteiger partial charge in [-0.15, -0.1) is 5.10 Å². The van der Waals surface area contributed by atoms with Gasteiger partial charge in [-0.1, -0.05) is 5.21 Å². The van der Waals surface area contributed by atoms with Crippen LogP contribution in [0.15, 0.2) is 32.2 Å². The van der Waals surface area contributed by atoms with Crippen molar-refractivity contribution in [2.24, 2.45) is 14.1 Å². The molecule has 4 aromatic rings. The molecule has 138 valence electrons. The van der Waals surface area contributed by atoms with Gasteiger partial charge >= 0.3 is 11.7 Å². The Hall–Kier alpha value is -3.83. The average molecular weight is 373 g/mol. The molecule has 3 aromatic heterocycles. The Labute approximate surface area is 148 Å². The number of anilines is 1. The fourth-order valence-corrected chi connectivity index (χ4v) is 2.65. The second kappa shape index (κ2) is 5.86. The van der Waals surface area contributed by atoms with Gasteiger partial charge in [0, 0.05) is 20.2 Å². The Balaban J connectivity index is 1.64. The molecule has 0 bridgehead atoms. The van der Waals surface area contributed by atoms with Crippen molar-refractivity contribution in [3.8, 4) is 0 Å². The monoisotopic (exact) mass is 373 g/mol. The van der Waals surface area contributed by atoms with E-state index in [2.05, 4.69) is 20.6 Å². The first-order valence-corrected chi connectivity index (χ1v) is 7.70. The normalized spacial score (nSPS) is 11.4. The first-order valence-electron chi connectivity index (χ1n) is 7.70. The molecule has 0 saturated carbocycles. The number of rotatable bonds is 3. The number of carbonyl (C=O) groups is 1. The number of halogens is 1. The number of nitrogens with one attached hydrogen (secondary N) is 1. The van der Waals surface area contributed by atoms with E-state index >= 15 is 0 Å². The number of benzene rings is 1. The third kappa shape index (κ3) is 2.67. The Kier molecular flexibility index (Phi) is 3.61. The number of oxazole rings is 1. The molecular formula is C15H12FN7O4. The van der Waals surface area contributed by atoms with Crippen LogP contribution in [0.1, 0.15) is 0 Å². The number of aromatic nitrogens is 6. The molecule has 3 heterocycles. The lowest BCUT2D eigenvalue weighted by atomic mass is 10.3. The highest BCUT2D eigenvalue weighted by molar-refractivity contribution is 5.90. The van der Waals surface area contributed by atoms with E-state index in [0.29, 0.717) is 5.52 Å². The maximum atomic E-state index is 13.2. The summed E-state index contributed by atoms with van der Waals surface area (Å²) < 4.78 is 21.6. The number of amides is 1. The summed E-state index contributed by atoms with van der Waals surface area (Å²) in [7, 11) is 2.76. The molecule has 0 radical (unpaired) electrons. The zero-order valence-corrected chi connectivity index (χ0v) is 14.1. The highest BCUT2D eigenvalue weighted by Crippen LogP contribution is 2.19. The first kappa shape index (κ1) is 16.6. The lowest BCUT2D eigenvalue weighted by molar-refractivity contribution is -0.117. The number of hydrogen-bond donors (Lipinski definition) is 1. The number of carbonyl (C=O) groups excluding carboxylic acids is 1. The van der Waals surface area contributed by atoms with Gasteiger partial charge in [0.25, 0.3) is 5.56 Å². The second-order valence-corrected chi connectivity index (χ2v) is 5.80. The van der Waals surface area contributed by atoms with Crippen LogP contribution in [0, 0.1) is 5.82 Å². The topological polar surface area (TPSA) is 130 Å². The summed E-state index contributed by atoms with van der Waals surface area (Å²) in [5.41, 5.74) is -0.546. The van der Waals surface area contributed by atoms with Crippen molar-refractivity contribution in [1.82, 2.24) is 29.1 Å². The largest absolute Gasteiger partial charge is 0.423 e. The molecule has 0 aliphatic rings. The molecule has 0 unspecified atom stereocenters. The number of fused-ring (bicyclic) bond motifs is 2. The third-order valence-electron chi connectivity index (χ3n) is 4.01. The minimum absolute atomic E-state index is 0.00869. The molecule has 0 fully saturated rings. The number of nitrogens with zero attached hydrogens (tertiary/aromatic N) is 6. The third-order valence-corrected chi connectivity index (χ3v) is 4.01. The quantitative estimate of drug-likeness (QED) is 0.524. The summed E-state index contributed by atoms with van der Waals surface area (Å²) in [6.45, 7) is -0.364. The summed E-state index contributed by atoms with van der Waals surface area (Å²) in [6.07, 6.45) is 0. The van der Waals surface area contributed by atoms with Gasteiger partial charge in [0.05, 0.1) is 0 Å². The predicted octanol–water partition coefficient (Wildman–Crippen LogP) is -0.252. The standard InChI is InChI=1S/C15H12FN7O4/c1-21-12-11(13(25)22(2)15(21)26)23(20-19-12)6-10(24)18-14-17-8-4-3-7(16)5-9(8)27-14/h3-5H,6H2,1-2H3,(H,17,18,24). The van der Waals surface area contributed by atoms with Crippen molar-refractivity contribution in [2.75, 3.05) is 5.32 Å². The molecule has 27 heavy (non-hydrogen) atoms. The molecule has 11 nitrogen and oxygen atoms in total. The fraction of sp³-hybridized carbons (Fsp3) is 0.200. The maximum absolute atomic E-state index is 13.2. The summed E-state index contributed by atoms with van der Waals surface area (Å²) in [5.74, 6) is -1.09. The van der Waals surface area contributed by atoms with Gasteiger partial charge < -0.3 is 4.42 Å². The van der Waals surface area contributed by atoms with E-state index in [0.717, 1.165) is 19.9 Å². The van der Waals surface area contributed by atoms with Crippen LogP contribution in [0.5, 0.6) is 0 Å². The van der Waals surface area contributed by atoms with Crippen molar-refractivity contribution in [1.29, 1.82) is 0 Å². The molecule has 1 aromatic carbocycles. The summed E-state index contributed by atoms with van der Waals surface area (Å²) >= 11 is 0. The molecule has 12 heteroatoms. The van der Waals surface area contributed by atoms with E-state index < -0.39 is 23.0 Å². The van der Waals surface area contributed by atoms with E-state index in [4.69, 9.17) is 4.42 Å². The summed E-state index contributed by atoms with van der Waals surface area (Å²) in [6, 6.07) is 3.66. The lowest BCUT2D eigenvalue weighted by Gasteiger charge is -2.04. The van der Waals surface area contributed by atoms with Crippen LogP contribution in [0.4, 0.5) is 10.4 Å². The molecule has 0 atom stereocenters. The predicted molar refractivity (Wildman–Crippen MR) is 90.6 cm³/mol. The van der Waals surface area contributed by atoms with Crippen molar-refractivity contribution in [3.05, 3.63) is 44.9 Å². The van der Waals surface area contributed by atoms with Crippen LogP contribution >= 0.6 is 0 Å². The van der Waals surface area contributed by atoms with E-state index in [1.165, 1.54) is 26.2 Å². The van der Waals surface area contributed by atoms with E-state index in [1.807, 2.05) is 0 Å². The van der Waals surface area contributed by atoms with Crippen LogP contribution in [-0.4, -0.2) is 35.0 Å². The molecule has 1 amide bonds. The van der Waals surface area contributed by atoms with Gasteiger partial charge in [-0.3, -0.25) is 24.0 Å². The van der Waals surface area contributed by atoms with Gasteiger partial charge in [0.2, 0.25) is 5.91 Å². The van der Waals surface area contributed by atoms with Crippen LogP contribution in [0.3, 0.4) is 0 Å². The zero-order valence-electron chi connectivity index (χ0n) is 14.1. The highest BCUT2D eigenvalue weighted by atomic mass is 19.1. The molecule has 0 aliphatic carbocycles. The molecule has 4 rings (SSSR count). The molecular weight excluding hydrogens is 361 g/mol. The minimum atomic E-state index is -0.622. The molecule has 0 saturated heterocycles. The highest BCUT2D eigenvalue weighted by Gasteiger charge is 2.18. The van der Waals surface area contributed by atoms with E-state index in [1.54, 1.807) is 0 Å². The van der Waals surface area contributed by atoms with Gasteiger partial charge in [0.1, 0.15) is 17.9 Å². The van der Waals surface area contributed by atoms with Crippen molar-refractivity contribution in [2.45, 2.75) is 6.54 Å². The molecule has 1 N–H and O–H groups in total. The smallest absolute Gasteiger partial charge is 0.332 e. The minimum Gasteiger partial charge on any atom is -0.423 e. The van der Waals surface area contributed by atoms with Crippen molar-refractivity contribution in [3.63, 3.8) is 0 Å². The zero-order chi connectivity index (χ0) is 19.3. The van der Waals surface area contributed by atoms with Crippen LogP contribution in [0.25, 0.3) is 22.3 Å². The molecule has 0 aliphatic heterocycles. The Bertz CT molecular complexity index is 1330. The Morgan fingerprint density at radius 2 is 2.04 bits per heavy atom. The van der Waals surface area contributed by atoms with Gasteiger partial charge in [-0.2, -0.15) is 4.98 Å². The van der Waals surface area contributed by atoms with Crippen molar-refractivity contribution >= 4 is 34.2 Å². The molecule has 0 spiro atoms. The summed E-state index contributed by atoms with van der Waals surface area (Å²) in [4.78, 5) is 40.5. The van der Waals surface area contributed by atoms with Crippen LogP contribution in [0.2, 0.25) is 0 Å². The van der Waals surface area contributed by atoms with Gasteiger partial charge in [0.15, 0.2) is 16.7 Å². The van der Waals surface area contributed by atoms with E-state index in [9.17, 15) is 18.8 Å². The second-order valence-electron chi connectivity index (χ2n) is 5.80. The fourth-order valence-electron chi connectivity index (χ4n) is 2.65. The van der Waals surface area contributed by atoms with E-state index in [-0.39, 0.29) is 29.3 Å². The lowest BCUT2D eigenvalue weighted by Crippen LogP contribution is -2.38. The van der Waals surface area contributed by atoms with Gasteiger partial charge in [-0.05, 0) is 12.1 Å². The van der Waals surface area contributed by atoms with Crippen molar-refractivity contribution < 1.29 is 13.6 Å².